The Labute approximate surface area is 112 Å². The third kappa shape index (κ3) is 2.40. The number of thioether (sulfide) groups is 1. The van der Waals surface area contributed by atoms with Gasteiger partial charge in [0.05, 0.1) is 11.2 Å². The van der Waals surface area contributed by atoms with Crippen molar-refractivity contribution in [2.24, 2.45) is 7.05 Å². The summed E-state index contributed by atoms with van der Waals surface area (Å²) in [5.74, 6) is 2.56. The van der Waals surface area contributed by atoms with Gasteiger partial charge in [0.1, 0.15) is 0 Å². The van der Waals surface area contributed by atoms with Crippen LogP contribution in [0.1, 0.15) is 18.5 Å². The third-order valence-electron chi connectivity index (χ3n) is 3.55. The molecule has 1 N–H and O–H groups in total. The van der Waals surface area contributed by atoms with Crippen LogP contribution in [-0.2, 0) is 13.6 Å². The van der Waals surface area contributed by atoms with Gasteiger partial charge in [0.25, 0.3) is 0 Å². The lowest BCUT2D eigenvalue weighted by Crippen LogP contribution is -2.33. The molecule has 0 bridgehead atoms. The van der Waals surface area contributed by atoms with Crippen molar-refractivity contribution in [3.8, 4) is 0 Å². The lowest BCUT2D eigenvalue weighted by atomic mass is 10.1. The van der Waals surface area contributed by atoms with Crippen LogP contribution >= 0.6 is 11.8 Å². The van der Waals surface area contributed by atoms with Crippen molar-refractivity contribution in [2.75, 3.05) is 11.5 Å². The van der Waals surface area contributed by atoms with E-state index >= 15 is 0 Å². The van der Waals surface area contributed by atoms with Crippen molar-refractivity contribution in [1.29, 1.82) is 0 Å². The third-order valence-corrected chi connectivity index (χ3v) is 4.77. The summed E-state index contributed by atoms with van der Waals surface area (Å²) < 4.78 is 1.97. The molecule has 1 aromatic heterocycles. The van der Waals surface area contributed by atoms with Gasteiger partial charge in [-0.3, -0.25) is 4.68 Å². The summed E-state index contributed by atoms with van der Waals surface area (Å²) in [5.41, 5.74) is 2.39. The number of nitrogens with one attached hydrogen (secondary N) is 1. The number of para-hydroxylation sites is 1. The number of benzene rings is 1. The second kappa shape index (κ2) is 5.33. The summed E-state index contributed by atoms with van der Waals surface area (Å²) in [6.07, 6.45) is 2.64. The van der Waals surface area contributed by atoms with Crippen molar-refractivity contribution in [1.82, 2.24) is 15.1 Å². The second-order valence-electron chi connectivity index (χ2n) is 4.88. The number of nitrogens with zero attached hydrogens (tertiary/aromatic N) is 2. The van der Waals surface area contributed by atoms with Crippen molar-refractivity contribution < 1.29 is 0 Å². The zero-order chi connectivity index (χ0) is 12.4. The summed E-state index contributed by atoms with van der Waals surface area (Å²) in [4.78, 5) is 0. The number of fused-ring (bicyclic) bond motifs is 1. The highest BCUT2D eigenvalue weighted by atomic mass is 32.2. The molecule has 1 unspecified atom stereocenters. The first-order valence-electron chi connectivity index (χ1n) is 6.56. The number of aromatic nitrogens is 2. The lowest BCUT2D eigenvalue weighted by Gasteiger charge is -2.22. The predicted octanol–water partition coefficient (Wildman–Crippen LogP) is 2.56. The van der Waals surface area contributed by atoms with Gasteiger partial charge in [-0.15, -0.1) is 0 Å². The van der Waals surface area contributed by atoms with Gasteiger partial charge in [-0.2, -0.15) is 16.9 Å². The molecule has 1 aliphatic heterocycles. The fourth-order valence-electron chi connectivity index (χ4n) is 2.56. The van der Waals surface area contributed by atoms with E-state index in [-0.39, 0.29) is 0 Å². The Balaban J connectivity index is 1.74. The molecule has 0 spiro atoms. The molecule has 0 radical (unpaired) electrons. The first kappa shape index (κ1) is 12.1. The van der Waals surface area contributed by atoms with E-state index in [4.69, 9.17) is 0 Å². The fourth-order valence-corrected chi connectivity index (χ4v) is 3.67. The average molecular weight is 261 g/mol. The Morgan fingerprint density at radius 1 is 1.44 bits per heavy atom. The predicted molar refractivity (Wildman–Crippen MR) is 77.9 cm³/mol. The van der Waals surface area contributed by atoms with Crippen molar-refractivity contribution in [2.45, 2.75) is 25.4 Å². The van der Waals surface area contributed by atoms with Gasteiger partial charge in [0.2, 0.25) is 0 Å². The SMILES string of the molecule is Cn1nc(CNC2CCCSC2)c2ccccc21. The van der Waals surface area contributed by atoms with Crippen LogP contribution in [0.25, 0.3) is 10.9 Å². The first-order chi connectivity index (χ1) is 8.84. The highest BCUT2D eigenvalue weighted by Crippen LogP contribution is 2.20. The molecular weight excluding hydrogens is 242 g/mol. The quantitative estimate of drug-likeness (QED) is 0.921. The van der Waals surface area contributed by atoms with E-state index in [1.165, 1.54) is 40.9 Å². The van der Waals surface area contributed by atoms with Crippen LogP contribution in [0.4, 0.5) is 0 Å². The van der Waals surface area contributed by atoms with E-state index in [2.05, 4.69) is 46.4 Å². The minimum atomic E-state index is 0.657. The van der Waals surface area contributed by atoms with E-state index in [1.54, 1.807) is 0 Å². The van der Waals surface area contributed by atoms with Crippen LogP contribution in [0.5, 0.6) is 0 Å². The Morgan fingerprint density at radius 2 is 2.33 bits per heavy atom. The highest BCUT2D eigenvalue weighted by molar-refractivity contribution is 7.99. The van der Waals surface area contributed by atoms with Crippen molar-refractivity contribution in [3.05, 3.63) is 30.0 Å². The molecule has 2 aromatic rings. The normalized spacial score (nSPS) is 20.4. The largest absolute Gasteiger partial charge is 0.307 e. The van der Waals surface area contributed by atoms with Crippen molar-refractivity contribution >= 4 is 22.7 Å². The van der Waals surface area contributed by atoms with Crippen molar-refractivity contribution in [3.63, 3.8) is 0 Å². The molecule has 1 fully saturated rings. The summed E-state index contributed by atoms with van der Waals surface area (Å²) in [5, 5.41) is 9.54. The molecule has 0 aliphatic carbocycles. The number of aryl methyl sites for hydroxylation is 1. The summed E-state index contributed by atoms with van der Waals surface area (Å²) in [7, 11) is 2.02. The molecule has 3 rings (SSSR count). The molecule has 1 aromatic carbocycles. The van der Waals surface area contributed by atoms with E-state index in [0.717, 1.165) is 6.54 Å². The Kier molecular flexibility index (Phi) is 3.57. The maximum Gasteiger partial charge on any atom is 0.0841 e. The van der Waals surface area contributed by atoms with Crippen LogP contribution in [0.15, 0.2) is 24.3 Å². The molecule has 2 heterocycles. The van der Waals surface area contributed by atoms with Gasteiger partial charge < -0.3 is 5.32 Å². The minimum Gasteiger partial charge on any atom is -0.307 e. The van der Waals surface area contributed by atoms with Gasteiger partial charge in [-0.05, 0) is 24.7 Å². The summed E-state index contributed by atoms with van der Waals surface area (Å²) in [6, 6.07) is 9.10. The van der Waals surface area contributed by atoms with E-state index in [9.17, 15) is 0 Å². The second-order valence-corrected chi connectivity index (χ2v) is 6.03. The van der Waals surface area contributed by atoms with Crippen LogP contribution in [-0.4, -0.2) is 27.3 Å². The molecular formula is C14H19N3S. The zero-order valence-corrected chi connectivity index (χ0v) is 11.5. The Hall–Kier alpha value is -1.00. The van der Waals surface area contributed by atoms with Gasteiger partial charge in [-0.1, -0.05) is 18.2 Å². The van der Waals surface area contributed by atoms with Crippen LogP contribution in [0.2, 0.25) is 0 Å². The fraction of sp³-hybridized carbons (Fsp3) is 0.500. The van der Waals surface area contributed by atoms with Gasteiger partial charge in [0, 0.05) is 30.8 Å². The van der Waals surface area contributed by atoms with Crippen LogP contribution in [0.3, 0.4) is 0 Å². The molecule has 0 saturated carbocycles. The molecule has 18 heavy (non-hydrogen) atoms. The molecule has 0 amide bonds. The molecule has 3 nitrogen and oxygen atoms in total. The summed E-state index contributed by atoms with van der Waals surface area (Å²) >= 11 is 2.06. The highest BCUT2D eigenvalue weighted by Gasteiger charge is 2.14. The van der Waals surface area contributed by atoms with Crippen LogP contribution in [0, 0.1) is 0 Å². The Bertz CT molecular complexity index is 529. The zero-order valence-electron chi connectivity index (χ0n) is 10.7. The maximum absolute atomic E-state index is 4.62. The van der Waals surface area contributed by atoms with Gasteiger partial charge >= 0.3 is 0 Å². The smallest absolute Gasteiger partial charge is 0.0841 e. The average Bonchev–Trinajstić information content (AvgIpc) is 2.75. The number of hydrogen-bond acceptors (Lipinski definition) is 3. The Morgan fingerprint density at radius 3 is 3.17 bits per heavy atom. The van der Waals surface area contributed by atoms with Crippen LogP contribution < -0.4 is 5.32 Å². The maximum atomic E-state index is 4.62. The number of hydrogen-bond donors (Lipinski definition) is 1. The van der Waals surface area contributed by atoms with E-state index in [0.29, 0.717) is 6.04 Å². The minimum absolute atomic E-state index is 0.657. The molecule has 1 aliphatic rings. The first-order valence-corrected chi connectivity index (χ1v) is 7.72. The van der Waals surface area contributed by atoms with E-state index < -0.39 is 0 Å². The molecule has 96 valence electrons. The lowest BCUT2D eigenvalue weighted by molar-refractivity contribution is 0.502. The number of rotatable bonds is 3. The van der Waals surface area contributed by atoms with Gasteiger partial charge in [-0.25, -0.2) is 0 Å². The monoisotopic (exact) mass is 261 g/mol. The van der Waals surface area contributed by atoms with E-state index in [1.807, 2.05) is 11.7 Å². The molecule has 1 atom stereocenters. The topological polar surface area (TPSA) is 29.9 Å². The standard InChI is InChI=1S/C14H19N3S/c1-17-14-7-3-2-6-12(14)13(16-17)9-15-11-5-4-8-18-10-11/h2-3,6-7,11,15H,4-5,8-10H2,1H3. The molecule has 1 saturated heterocycles. The molecule has 4 heteroatoms. The summed E-state index contributed by atoms with van der Waals surface area (Å²) in [6.45, 7) is 0.882. The van der Waals surface area contributed by atoms with Gasteiger partial charge in [0.15, 0.2) is 0 Å².